The number of aryl methyl sites for hydroxylation is 2. The number of carbonyl (C=O) groups is 1. The molecule has 4 heterocycles. The SMILES string of the molecule is Cc1cn2c(n1)[C@@H](CNC(=O)N1CCC(c3ccncc3)CC1)CCC2. The van der Waals surface area contributed by atoms with E-state index in [1.54, 1.807) is 0 Å². The maximum absolute atomic E-state index is 12.6. The summed E-state index contributed by atoms with van der Waals surface area (Å²) in [5, 5.41) is 3.15. The largest absolute Gasteiger partial charge is 0.337 e. The number of nitrogens with one attached hydrogen (secondary N) is 1. The molecule has 0 aromatic carbocycles. The second-order valence-corrected chi connectivity index (χ2v) is 7.50. The highest BCUT2D eigenvalue weighted by molar-refractivity contribution is 5.74. The third-order valence-corrected chi connectivity index (χ3v) is 5.70. The molecule has 4 rings (SSSR count). The van der Waals surface area contributed by atoms with E-state index >= 15 is 0 Å². The van der Waals surface area contributed by atoms with Gasteiger partial charge < -0.3 is 14.8 Å². The van der Waals surface area contributed by atoms with Gasteiger partial charge in [-0.05, 0) is 56.2 Å². The van der Waals surface area contributed by atoms with Gasteiger partial charge in [-0.2, -0.15) is 0 Å². The number of hydrogen-bond acceptors (Lipinski definition) is 3. The summed E-state index contributed by atoms with van der Waals surface area (Å²) in [6, 6.07) is 4.25. The standard InChI is InChI=1S/C20H27N5O/c1-15-14-25-10-2-3-18(19(25)23-15)13-22-20(26)24-11-6-17(7-12-24)16-4-8-21-9-5-16/h4-5,8-9,14,17-18H,2-3,6-7,10-13H2,1H3,(H,22,26)/t18-/m1/s1. The number of likely N-dealkylation sites (tertiary alicyclic amines) is 1. The Morgan fingerprint density at radius 3 is 2.73 bits per heavy atom. The molecule has 138 valence electrons. The van der Waals surface area contributed by atoms with Gasteiger partial charge in [0, 0.05) is 50.7 Å². The van der Waals surface area contributed by atoms with Gasteiger partial charge in [0.2, 0.25) is 0 Å². The van der Waals surface area contributed by atoms with Crippen LogP contribution in [0, 0.1) is 6.92 Å². The number of piperidine rings is 1. The van der Waals surface area contributed by atoms with Crippen molar-refractivity contribution in [3.05, 3.63) is 47.8 Å². The fourth-order valence-corrected chi connectivity index (χ4v) is 4.27. The Kier molecular flexibility index (Phi) is 4.91. The van der Waals surface area contributed by atoms with Crippen molar-refractivity contribution in [2.24, 2.45) is 0 Å². The molecule has 6 nitrogen and oxygen atoms in total. The second-order valence-electron chi connectivity index (χ2n) is 7.50. The van der Waals surface area contributed by atoms with Crippen LogP contribution in [0.15, 0.2) is 30.7 Å². The number of aromatic nitrogens is 3. The Bertz CT molecular complexity index is 749. The van der Waals surface area contributed by atoms with E-state index in [1.165, 1.54) is 5.56 Å². The molecule has 26 heavy (non-hydrogen) atoms. The summed E-state index contributed by atoms with van der Waals surface area (Å²) in [5.41, 5.74) is 2.40. The smallest absolute Gasteiger partial charge is 0.317 e. The van der Waals surface area contributed by atoms with Gasteiger partial charge in [-0.1, -0.05) is 0 Å². The third kappa shape index (κ3) is 3.59. The monoisotopic (exact) mass is 353 g/mol. The number of pyridine rings is 1. The Morgan fingerprint density at radius 1 is 1.19 bits per heavy atom. The van der Waals surface area contributed by atoms with Gasteiger partial charge in [0.05, 0.1) is 5.69 Å². The van der Waals surface area contributed by atoms with E-state index in [4.69, 9.17) is 0 Å². The van der Waals surface area contributed by atoms with Crippen LogP contribution in [-0.4, -0.2) is 45.1 Å². The van der Waals surface area contributed by atoms with E-state index in [0.29, 0.717) is 18.4 Å². The van der Waals surface area contributed by atoms with Crippen LogP contribution < -0.4 is 5.32 Å². The Balaban J connectivity index is 1.29. The predicted octanol–water partition coefficient (Wildman–Crippen LogP) is 3.05. The van der Waals surface area contributed by atoms with Gasteiger partial charge in [-0.15, -0.1) is 0 Å². The van der Waals surface area contributed by atoms with Crippen LogP contribution in [0.1, 0.15) is 54.6 Å². The molecule has 2 amide bonds. The topological polar surface area (TPSA) is 63.1 Å². The first-order valence-corrected chi connectivity index (χ1v) is 9.67. The van der Waals surface area contributed by atoms with Gasteiger partial charge in [0.25, 0.3) is 0 Å². The first-order chi connectivity index (χ1) is 12.7. The molecule has 2 aliphatic heterocycles. The number of imidazole rings is 1. The van der Waals surface area contributed by atoms with Crippen LogP contribution in [0.25, 0.3) is 0 Å². The van der Waals surface area contributed by atoms with E-state index in [0.717, 1.165) is 56.8 Å². The summed E-state index contributed by atoms with van der Waals surface area (Å²) >= 11 is 0. The van der Waals surface area contributed by atoms with Crippen molar-refractivity contribution in [3.63, 3.8) is 0 Å². The fourth-order valence-electron chi connectivity index (χ4n) is 4.27. The molecule has 0 saturated carbocycles. The average molecular weight is 353 g/mol. The van der Waals surface area contributed by atoms with Gasteiger partial charge >= 0.3 is 6.03 Å². The molecule has 0 unspecified atom stereocenters. The maximum atomic E-state index is 12.6. The van der Waals surface area contributed by atoms with E-state index < -0.39 is 0 Å². The van der Waals surface area contributed by atoms with Crippen LogP contribution in [0.5, 0.6) is 0 Å². The van der Waals surface area contributed by atoms with Crippen molar-refractivity contribution >= 4 is 6.03 Å². The lowest BCUT2D eigenvalue weighted by atomic mass is 9.90. The van der Waals surface area contributed by atoms with Gasteiger partial charge in [-0.25, -0.2) is 9.78 Å². The first kappa shape index (κ1) is 17.1. The number of carbonyl (C=O) groups excluding carboxylic acids is 1. The van der Waals surface area contributed by atoms with Crippen LogP contribution in [0.4, 0.5) is 4.79 Å². The molecule has 0 radical (unpaired) electrons. The highest BCUT2D eigenvalue weighted by atomic mass is 16.2. The summed E-state index contributed by atoms with van der Waals surface area (Å²) in [5.74, 6) is 2.00. The Labute approximate surface area is 154 Å². The summed E-state index contributed by atoms with van der Waals surface area (Å²) in [7, 11) is 0. The maximum Gasteiger partial charge on any atom is 0.317 e. The number of nitrogens with zero attached hydrogens (tertiary/aromatic N) is 4. The number of fused-ring (bicyclic) bond motifs is 1. The second kappa shape index (κ2) is 7.48. The molecule has 6 heteroatoms. The number of urea groups is 1. The quantitative estimate of drug-likeness (QED) is 0.922. The first-order valence-electron chi connectivity index (χ1n) is 9.67. The molecule has 1 fully saturated rings. The summed E-state index contributed by atoms with van der Waals surface area (Å²) in [4.78, 5) is 23.3. The molecule has 0 bridgehead atoms. The van der Waals surface area contributed by atoms with E-state index in [9.17, 15) is 4.79 Å². The lowest BCUT2D eigenvalue weighted by molar-refractivity contribution is 0.180. The van der Waals surface area contributed by atoms with Crippen molar-refractivity contribution in [2.75, 3.05) is 19.6 Å². The minimum atomic E-state index is 0.0681. The highest BCUT2D eigenvalue weighted by Gasteiger charge is 2.26. The molecule has 0 spiro atoms. The number of rotatable bonds is 3. The number of amides is 2. The normalized spacial score (nSPS) is 20.7. The van der Waals surface area contributed by atoms with Crippen molar-refractivity contribution in [1.82, 2.24) is 24.8 Å². The summed E-state index contributed by atoms with van der Waals surface area (Å²) in [6.07, 6.45) is 10.1. The molecule has 1 atom stereocenters. The zero-order valence-corrected chi connectivity index (χ0v) is 15.4. The average Bonchev–Trinajstić information content (AvgIpc) is 3.07. The molecular formula is C20H27N5O. The van der Waals surface area contributed by atoms with Crippen molar-refractivity contribution in [3.8, 4) is 0 Å². The fraction of sp³-hybridized carbons (Fsp3) is 0.550. The minimum absolute atomic E-state index is 0.0681. The zero-order chi connectivity index (χ0) is 17.9. The van der Waals surface area contributed by atoms with E-state index in [2.05, 4.69) is 38.2 Å². The highest BCUT2D eigenvalue weighted by Crippen LogP contribution is 2.28. The van der Waals surface area contributed by atoms with Crippen LogP contribution in [-0.2, 0) is 6.54 Å². The van der Waals surface area contributed by atoms with Crippen LogP contribution in [0.2, 0.25) is 0 Å². The van der Waals surface area contributed by atoms with Crippen molar-refractivity contribution in [2.45, 2.75) is 51.0 Å². The number of hydrogen-bond donors (Lipinski definition) is 1. The van der Waals surface area contributed by atoms with E-state index in [-0.39, 0.29) is 6.03 Å². The summed E-state index contributed by atoms with van der Waals surface area (Å²) in [6.45, 7) is 5.39. The van der Waals surface area contributed by atoms with Gasteiger partial charge in [0.1, 0.15) is 5.82 Å². The predicted molar refractivity (Wildman–Crippen MR) is 100 cm³/mol. The summed E-state index contributed by atoms with van der Waals surface area (Å²) < 4.78 is 2.25. The van der Waals surface area contributed by atoms with Crippen LogP contribution >= 0.6 is 0 Å². The molecule has 1 saturated heterocycles. The Morgan fingerprint density at radius 2 is 1.96 bits per heavy atom. The van der Waals surface area contributed by atoms with E-state index in [1.807, 2.05) is 24.2 Å². The molecule has 0 aliphatic carbocycles. The molecule has 2 aliphatic rings. The van der Waals surface area contributed by atoms with Gasteiger partial charge in [-0.3, -0.25) is 4.98 Å². The Hall–Kier alpha value is -2.37. The van der Waals surface area contributed by atoms with Crippen molar-refractivity contribution in [1.29, 1.82) is 0 Å². The molecule has 1 N–H and O–H groups in total. The van der Waals surface area contributed by atoms with Gasteiger partial charge in [0.15, 0.2) is 0 Å². The third-order valence-electron chi connectivity index (χ3n) is 5.70. The molecular weight excluding hydrogens is 326 g/mol. The van der Waals surface area contributed by atoms with Crippen molar-refractivity contribution < 1.29 is 4.79 Å². The zero-order valence-electron chi connectivity index (χ0n) is 15.4. The lowest BCUT2D eigenvalue weighted by Gasteiger charge is -2.33. The molecule has 2 aromatic rings. The minimum Gasteiger partial charge on any atom is -0.337 e. The molecule has 2 aromatic heterocycles. The van der Waals surface area contributed by atoms with Crippen LogP contribution in [0.3, 0.4) is 0 Å². The lowest BCUT2D eigenvalue weighted by Crippen LogP contribution is -2.45.